The van der Waals surface area contributed by atoms with Crippen LogP contribution in [-0.4, -0.2) is 23.6 Å². The Labute approximate surface area is 103 Å². The van der Waals surface area contributed by atoms with Crippen molar-refractivity contribution in [2.24, 2.45) is 0 Å². The number of hydrogen-bond acceptors (Lipinski definition) is 5. The van der Waals surface area contributed by atoms with Gasteiger partial charge < -0.3 is 10.1 Å². The van der Waals surface area contributed by atoms with E-state index in [4.69, 9.17) is 16.3 Å². The minimum Gasteiger partial charge on any atom is -0.462 e. The summed E-state index contributed by atoms with van der Waals surface area (Å²) in [5, 5.41) is 4.01. The lowest BCUT2D eigenvalue weighted by Crippen LogP contribution is -2.04. The summed E-state index contributed by atoms with van der Waals surface area (Å²) in [5.41, 5.74) is 0.605. The highest BCUT2D eigenvalue weighted by Crippen LogP contribution is 2.30. The number of ether oxygens (including phenoxy) is 1. The fourth-order valence-corrected chi connectivity index (χ4v) is 2.49. The van der Waals surface area contributed by atoms with Crippen LogP contribution < -0.4 is 5.32 Å². The Hall–Kier alpha value is -0.810. The molecule has 1 aliphatic carbocycles. The Morgan fingerprint density at radius 2 is 2.44 bits per heavy atom. The maximum Gasteiger partial charge on any atom is 0.350 e. The summed E-state index contributed by atoms with van der Waals surface area (Å²) < 4.78 is 4.95. The SMILES string of the molecule is CCOC(=O)c1sc(NC2CC2)nc1CCl. The topological polar surface area (TPSA) is 51.2 Å². The zero-order valence-electron chi connectivity index (χ0n) is 8.96. The molecular weight excluding hydrogens is 248 g/mol. The van der Waals surface area contributed by atoms with Gasteiger partial charge >= 0.3 is 5.97 Å². The van der Waals surface area contributed by atoms with Crippen molar-refractivity contribution < 1.29 is 9.53 Å². The minimum absolute atomic E-state index is 0.233. The van der Waals surface area contributed by atoms with Gasteiger partial charge in [-0.15, -0.1) is 11.6 Å². The lowest BCUT2D eigenvalue weighted by Gasteiger charge is -1.98. The van der Waals surface area contributed by atoms with Gasteiger partial charge in [-0.25, -0.2) is 9.78 Å². The molecule has 0 saturated heterocycles. The number of nitrogens with one attached hydrogen (secondary N) is 1. The molecule has 0 bridgehead atoms. The van der Waals surface area contributed by atoms with Crippen LogP contribution in [0, 0.1) is 0 Å². The van der Waals surface area contributed by atoms with Crippen LogP contribution in [0.2, 0.25) is 0 Å². The van der Waals surface area contributed by atoms with E-state index in [2.05, 4.69) is 10.3 Å². The van der Waals surface area contributed by atoms with E-state index in [1.54, 1.807) is 6.92 Å². The third-order valence-corrected chi connectivity index (χ3v) is 3.45. The van der Waals surface area contributed by atoms with Crippen molar-refractivity contribution >= 4 is 34.0 Å². The molecule has 1 aromatic rings. The van der Waals surface area contributed by atoms with Crippen LogP contribution in [0.15, 0.2) is 0 Å². The summed E-state index contributed by atoms with van der Waals surface area (Å²) in [6, 6.07) is 0.518. The molecule has 0 aromatic carbocycles. The third kappa shape index (κ3) is 2.65. The first-order chi connectivity index (χ1) is 7.74. The van der Waals surface area contributed by atoms with E-state index >= 15 is 0 Å². The molecule has 1 saturated carbocycles. The van der Waals surface area contributed by atoms with E-state index in [1.807, 2.05) is 0 Å². The number of halogens is 1. The summed E-state index contributed by atoms with van der Waals surface area (Å²) in [6.45, 7) is 2.15. The van der Waals surface area contributed by atoms with E-state index in [1.165, 1.54) is 24.2 Å². The van der Waals surface area contributed by atoms with Gasteiger partial charge in [-0.05, 0) is 19.8 Å². The molecule has 1 heterocycles. The number of hydrogen-bond donors (Lipinski definition) is 1. The second kappa shape index (κ2) is 5.01. The number of thiazole rings is 1. The first-order valence-electron chi connectivity index (χ1n) is 5.24. The molecule has 1 aromatic heterocycles. The number of carbonyl (C=O) groups is 1. The highest BCUT2D eigenvalue weighted by molar-refractivity contribution is 7.17. The molecule has 0 atom stereocenters. The van der Waals surface area contributed by atoms with Gasteiger partial charge in [0.1, 0.15) is 4.88 Å². The molecule has 0 radical (unpaired) electrons. The normalized spacial score (nSPS) is 14.9. The molecule has 2 rings (SSSR count). The van der Waals surface area contributed by atoms with Crippen LogP contribution in [0.25, 0.3) is 0 Å². The average molecular weight is 261 g/mol. The molecule has 0 aliphatic heterocycles. The molecule has 1 aliphatic rings. The average Bonchev–Trinajstić information content (AvgIpc) is 2.96. The van der Waals surface area contributed by atoms with Gasteiger partial charge in [0.2, 0.25) is 0 Å². The Balaban J connectivity index is 2.14. The Morgan fingerprint density at radius 3 is 3.00 bits per heavy atom. The highest BCUT2D eigenvalue weighted by Gasteiger charge is 2.24. The largest absolute Gasteiger partial charge is 0.462 e. The number of carbonyl (C=O) groups excluding carboxylic acids is 1. The third-order valence-electron chi connectivity index (χ3n) is 2.19. The van der Waals surface area contributed by atoms with E-state index in [-0.39, 0.29) is 11.8 Å². The maximum atomic E-state index is 11.6. The van der Waals surface area contributed by atoms with Crippen molar-refractivity contribution in [3.05, 3.63) is 10.6 Å². The molecular formula is C10H13ClN2O2S. The number of nitrogens with zero attached hydrogens (tertiary/aromatic N) is 1. The summed E-state index contributed by atoms with van der Waals surface area (Å²) in [5.74, 6) is -0.101. The number of rotatable bonds is 5. The quantitative estimate of drug-likeness (QED) is 0.653. The van der Waals surface area contributed by atoms with Crippen LogP contribution >= 0.6 is 22.9 Å². The lowest BCUT2D eigenvalue weighted by atomic mass is 10.4. The van der Waals surface area contributed by atoms with Gasteiger partial charge in [-0.3, -0.25) is 0 Å². The standard InChI is InChI=1S/C10H13ClN2O2S/c1-2-15-9(14)8-7(5-11)13-10(16-8)12-6-3-4-6/h6H,2-5H2,1H3,(H,12,13). The summed E-state index contributed by atoms with van der Waals surface area (Å²) in [7, 11) is 0. The number of anilines is 1. The zero-order valence-corrected chi connectivity index (χ0v) is 10.5. The second-order valence-corrected chi connectivity index (χ2v) is 4.83. The van der Waals surface area contributed by atoms with Crippen molar-refractivity contribution in [3.63, 3.8) is 0 Å². The molecule has 16 heavy (non-hydrogen) atoms. The molecule has 0 amide bonds. The van der Waals surface area contributed by atoms with Gasteiger partial charge in [0.25, 0.3) is 0 Å². The summed E-state index contributed by atoms with van der Waals surface area (Å²) in [4.78, 5) is 16.4. The molecule has 88 valence electrons. The minimum atomic E-state index is -0.334. The van der Waals surface area contributed by atoms with Crippen molar-refractivity contribution in [1.29, 1.82) is 0 Å². The van der Waals surface area contributed by atoms with Gasteiger partial charge in [0.15, 0.2) is 5.13 Å². The van der Waals surface area contributed by atoms with Crippen molar-refractivity contribution in [3.8, 4) is 0 Å². The number of esters is 1. The first-order valence-corrected chi connectivity index (χ1v) is 6.59. The van der Waals surface area contributed by atoms with Gasteiger partial charge in [0, 0.05) is 6.04 Å². The Bertz CT molecular complexity index is 390. The number of aromatic nitrogens is 1. The second-order valence-electron chi connectivity index (χ2n) is 3.57. The fourth-order valence-electron chi connectivity index (χ4n) is 1.26. The molecule has 1 N–H and O–H groups in total. The Kier molecular flexibility index (Phi) is 3.66. The molecule has 6 heteroatoms. The highest BCUT2D eigenvalue weighted by atomic mass is 35.5. The predicted molar refractivity (Wildman–Crippen MR) is 64.3 cm³/mol. The zero-order chi connectivity index (χ0) is 11.5. The van der Waals surface area contributed by atoms with E-state index < -0.39 is 0 Å². The van der Waals surface area contributed by atoms with E-state index in [0.717, 1.165) is 5.13 Å². The van der Waals surface area contributed by atoms with Gasteiger partial charge in [-0.1, -0.05) is 11.3 Å². The maximum absolute atomic E-state index is 11.6. The first kappa shape index (κ1) is 11.7. The molecule has 0 unspecified atom stereocenters. The van der Waals surface area contributed by atoms with E-state index in [0.29, 0.717) is 23.2 Å². The smallest absolute Gasteiger partial charge is 0.350 e. The van der Waals surface area contributed by atoms with Crippen LogP contribution in [0.3, 0.4) is 0 Å². The predicted octanol–water partition coefficient (Wildman–Crippen LogP) is 2.63. The van der Waals surface area contributed by atoms with Gasteiger partial charge in [0.05, 0.1) is 18.2 Å². The number of alkyl halides is 1. The lowest BCUT2D eigenvalue weighted by molar-refractivity contribution is 0.0531. The van der Waals surface area contributed by atoms with Crippen LogP contribution in [0.4, 0.5) is 5.13 Å². The summed E-state index contributed by atoms with van der Waals surface area (Å²) >= 11 is 7.07. The summed E-state index contributed by atoms with van der Waals surface area (Å²) in [6.07, 6.45) is 2.34. The Morgan fingerprint density at radius 1 is 1.69 bits per heavy atom. The van der Waals surface area contributed by atoms with Crippen molar-refractivity contribution in [2.45, 2.75) is 31.7 Å². The van der Waals surface area contributed by atoms with Crippen LogP contribution in [0.5, 0.6) is 0 Å². The monoisotopic (exact) mass is 260 g/mol. The molecule has 4 nitrogen and oxygen atoms in total. The van der Waals surface area contributed by atoms with E-state index in [9.17, 15) is 4.79 Å². The molecule has 1 fully saturated rings. The van der Waals surface area contributed by atoms with Gasteiger partial charge in [-0.2, -0.15) is 0 Å². The van der Waals surface area contributed by atoms with Crippen LogP contribution in [-0.2, 0) is 10.6 Å². The fraction of sp³-hybridized carbons (Fsp3) is 0.600. The van der Waals surface area contributed by atoms with Crippen molar-refractivity contribution in [2.75, 3.05) is 11.9 Å². The van der Waals surface area contributed by atoms with Crippen LogP contribution in [0.1, 0.15) is 35.1 Å². The van der Waals surface area contributed by atoms with Crippen molar-refractivity contribution in [1.82, 2.24) is 4.98 Å². The molecule has 0 spiro atoms.